The number of benzene rings is 2. The van der Waals surface area contributed by atoms with Gasteiger partial charge in [-0.05, 0) is 55.5 Å². The molecule has 2 N–H and O–H groups in total. The van der Waals surface area contributed by atoms with Crippen LogP contribution < -0.4 is 5.32 Å². The predicted molar refractivity (Wildman–Crippen MR) is 118 cm³/mol. The molecule has 3 aromatic rings. The van der Waals surface area contributed by atoms with E-state index in [1.54, 1.807) is 36.4 Å². The van der Waals surface area contributed by atoms with Crippen molar-refractivity contribution in [3.8, 4) is 11.3 Å². The molecule has 2 aromatic carbocycles. The molecule has 7 nitrogen and oxygen atoms in total. The Labute approximate surface area is 184 Å². The van der Waals surface area contributed by atoms with E-state index in [2.05, 4.69) is 10.3 Å². The number of furan rings is 1. The van der Waals surface area contributed by atoms with Crippen LogP contribution in [0.15, 0.2) is 70.1 Å². The first-order chi connectivity index (χ1) is 14.9. The molecule has 1 aliphatic rings. The van der Waals surface area contributed by atoms with Gasteiger partial charge in [0, 0.05) is 16.3 Å². The molecule has 0 bridgehead atoms. The summed E-state index contributed by atoms with van der Waals surface area (Å²) in [5, 5.41) is 13.5. The summed E-state index contributed by atoms with van der Waals surface area (Å²) in [5.41, 5.74) is 2.67. The Morgan fingerprint density at radius 3 is 2.55 bits per heavy atom. The van der Waals surface area contributed by atoms with E-state index in [4.69, 9.17) is 16.0 Å². The second kappa shape index (κ2) is 8.75. The van der Waals surface area contributed by atoms with Gasteiger partial charge in [-0.2, -0.15) is 0 Å². The Hall–Kier alpha value is -3.42. The van der Waals surface area contributed by atoms with Crippen molar-refractivity contribution in [1.82, 2.24) is 4.90 Å². The van der Waals surface area contributed by atoms with Crippen LogP contribution in [-0.4, -0.2) is 40.4 Å². The summed E-state index contributed by atoms with van der Waals surface area (Å²) in [6.07, 6.45) is -1.29. The molecule has 0 aliphatic carbocycles. The van der Waals surface area contributed by atoms with Gasteiger partial charge in [0.25, 0.3) is 5.91 Å². The number of anilines is 1. The lowest BCUT2D eigenvalue weighted by Crippen LogP contribution is -2.41. The van der Waals surface area contributed by atoms with Crippen LogP contribution in [0.1, 0.15) is 11.3 Å². The third-order valence-corrected chi connectivity index (χ3v) is 5.09. The molecule has 31 heavy (non-hydrogen) atoms. The summed E-state index contributed by atoms with van der Waals surface area (Å²) in [6.45, 7) is 1.64. The van der Waals surface area contributed by atoms with Gasteiger partial charge < -0.3 is 14.8 Å². The lowest BCUT2D eigenvalue weighted by molar-refractivity contribution is -0.135. The maximum atomic E-state index is 12.7. The highest BCUT2D eigenvalue weighted by Crippen LogP contribution is 2.25. The van der Waals surface area contributed by atoms with Crippen LogP contribution in [0, 0.1) is 6.92 Å². The van der Waals surface area contributed by atoms with Gasteiger partial charge in [-0.1, -0.05) is 29.3 Å². The van der Waals surface area contributed by atoms with Crippen molar-refractivity contribution in [2.45, 2.75) is 19.7 Å². The Kier molecular flexibility index (Phi) is 5.88. The van der Waals surface area contributed by atoms with Crippen molar-refractivity contribution in [2.24, 2.45) is 4.99 Å². The summed E-state index contributed by atoms with van der Waals surface area (Å²) in [4.78, 5) is 30.0. The standard InChI is InChI=1S/C23H20ClN3O4/c1-14-2-8-17(9-3-14)25-21(28)13-27-22(29)19(26-23(27)30)12-18-10-11-20(31-18)15-4-6-16(24)7-5-15/h2-11,23,30H,12-13H2,1H3,(H,25,28). The molecule has 2 heterocycles. The smallest absolute Gasteiger partial charge is 0.272 e. The highest BCUT2D eigenvalue weighted by Gasteiger charge is 2.34. The SMILES string of the molecule is Cc1ccc(NC(=O)CN2C(=O)C(Cc3ccc(-c4ccc(Cl)cc4)o3)=NC2O)cc1. The normalized spacial score (nSPS) is 15.8. The monoisotopic (exact) mass is 437 g/mol. The third-order valence-electron chi connectivity index (χ3n) is 4.84. The highest BCUT2D eigenvalue weighted by atomic mass is 35.5. The van der Waals surface area contributed by atoms with Crippen LogP contribution in [-0.2, 0) is 16.0 Å². The Morgan fingerprint density at radius 2 is 1.84 bits per heavy atom. The fourth-order valence-corrected chi connectivity index (χ4v) is 3.34. The van der Waals surface area contributed by atoms with Crippen molar-refractivity contribution < 1.29 is 19.1 Å². The lowest BCUT2D eigenvalue weighted by Gasteiger charge is -2.18. The summed E-state index contributed by atoms with van der Waals surface area (Å²) in [7, 11) is 0. The molecule has 0 spiro atoms. The molecule has 0 fully saturated rings. The topological polar surface area (TPSA) is 95.1 Å². The molecular weight excluding hydrogens is 418 g/mol. The third kappa shape index (κ3) is 4.84. The Balaban J connectivity index is 1.38. The van der Waals surface area contributed by atoms with E-state index < -0.39 is 18.2 Å². The zero-order valence-electron chi connectivity index (χ0n) is 16.7. The number of amides is 2. The molecule has 158 valence electrons. The maximum absolute atomic E-state index is 12.7. The molecule has 0 saturated heterocycles. The quantitative estimate of drug-likeness (QED) is 0.615. The van der Waals surface area contributed by atoms with E-state index in [-0.39, 0.29) is 18.7 Å². The predicted octanol–water partition coefficient (Wildman–Crippen LogP) is 3.65. The van der Waals surface area contributed by atoms with Crippen LogP contribution in [0.5, 0.6) is 0 Å². The maximum Gasteiger partial charge on any atom is 0.272 e. The van der Waals surface area contributed by atoms with Crippen LogP contribution in [0.3, 0.4) is 0 Å². The molecule has 4 rings (SSSR count). The largest absolute Gasteiger partial charge is 0.461 e. The zero-order chi connectivity index (χ0) is 22.0. The lowest BCUT2D eigenvalue weighted by atomic mass is 10.2. The fourth-order valence-electron chi connectivity index (χ4n) is 3.21. The summed E-state index contributed by atoms with van der Waals surface area (Å²) < 4.78 is 5.80. The number of carbonyl (C=O) groups excluding carboxylic acids is 2. The first-order valence-electron chi connectivity index (χ1n) is 9.66. The molecule has 0 radical (unpaired) electrons. The number of hydrogen-bond acceptors (Lipinski definition) is 5. The minimum absolute atomic E-state index is 0.111. The van der Waals surface area contributed by atoms with Gasteiger partial charge in [0.15, 0.2) is 0 Å². The molecule has 0 saturated carbocycles. The molecule has 2 amide bonds. The van der Waals surface area contributed by atoms with Crippen molar-refractivity contribution in [3.05, 3.63) is 77.0 Å². The molecule has 1 unspecified atom stereocenters. The van der Waals surface area contributed by atoms with E-state index in [0.717, 1.165) is 16.0 Å². The minimum Gasteiger partial charge on any atom is -0.461 e. The van der Waals surface area contributed by atoms with Crippen LogP contribution in [0.2, 0.25) is 5.02 Å². The van der Waals surface area contributed by atoms with Gasteiger partial charge in [-0.25, -0.2) is 4.99 Å². The number of aryl methyl sites for hydroxylation is 1. The van der Waals surface area contributed by atoms with E-state index in [1.165, 1.54) is 0 Å². The first-order valence-corrected chi connectivity index (χ1v) is 10.0. The number of aliphatic hydroxyl groups is 1. The van der Waals surface area contributed by atoms with Crippen LogP contribution >= 0.6 is 11.6 Å². The fraction of sp³-hybridized carbons (Fsp3) is 0.174. The van der Waals surface area contributed by atoms with Crippen molar-refractivity contribution in [2.75, 3.05) is 11.9 Å². The highest BCUT2D eigenvalue weighted by molar-refractivity contribution is 6.40. The Bertz CT molecular complexity index is 1140. The Morgan fingerprint density at radius 1 is 1.13 bits per heavy atom. The number of aliphatic hydroxyl groups excluding tert-OH is 1. The zero-order valence-corrected chi connectivity index (χ0v) is 17.5. The number of rotatable bonds is 6. The first kappa shape index (κ1) is 20.8. The van der Waals surface area contributed by atoms with E-state index in [9.17, 15) is 14.7 Å². The molecule has 1 aromatic heterocycles. The molecular formula is C23H20ClN3O4. The summed E-state index contributed by atoms with van der Waals surface area (Å²) in [6, 6.07) is 18.0. The number of halogens is 1. The second-order valence-corrected chi connectivity index (χ2v) is 7.66. The van der Waals surface area contributed by atoms with E-state index in [0.29, 0.717) is 22.2 Å². The van der Waals surface area contributed by atoms with E-state index >= 15 is 0 Å². The van der Waals surface area contributed by atoms with Crippen molar-refractivity contribution in [3.63, 3.8) is 0 Å². The van der Waals surface area contributed by atoms with Gasteiger partial charge in [0.05, 0.1) is 6.42 Å². The van der Waals surface area contributed by atoms with E-state index in [1.807, 2.05) is 31.2 Å². The van der Waals surface area contributed by atoms with Gasteiger partial charge in [0.2, 0.25) is 12.3 Å². The van der Waals surface area contributed by atoms with Gasteiger partial charge >= 0.3 is 0 Å². The molecule has 1 aliphatic heterocycles. The number of aliphatic imine (C=N–C) groups is 1. The van der Waals surface area contributed by atoms with Gasteiger partial charge in [-0.15, -0.1) is 0 Å². The van der Waals surface area contributed by atoms with Crippen LogP contribution in [0.25, 0.3) is 11.3 Å². The van der Waals surface area contributed by atoms with Crippen molar-refractivity contribution >= 4 is 34.8 Å². The summed E-state index contributed by atoms with van der Waals surface area (Å²) in [5.74, 6) is 0.231. The average Bonchev–Trinajstić information content (AvgIpc) is 3.31. The number of carbonyl (C=O) groups is 2. The second-order valence-electron chi connectivity index (χ2n) is 7.22. The number of nitrogens with zero attached hydrogens (tertiary/aromatic N) is 2. The van der Waals surface area contributed by atoms with Crippen LogP contribution in [0.4, 0.5) is 5.69 Å². The van der Waals surface area contributed by atoms with Gasteiger partial charge in [-0.3, -0.25) is 14.5 Å². The minimum atomic E-state index is -1.41. The summed E-state index contributed by atoms with van der Waals surface area (Å²) >= 11 is 5.91. The number of hydrogen-bond donors (Lipinski definition) is 2. The number of nitrogens with one attached hydrogen (secondary N) is 1. The van der Waals surface area contributed by atoms with Crippen molar-refractivity contribution in [1.29, 1.82) is 0 Å². The van der Waals surface area contributed by atoms with Gasteiger partial charge in [0.1, 0.15) is 23.8 Å². The average molecular weight is 438 g/mol. The molecule has 8 heteroatoms. The molecule has 1 atom stereocenters.